The zero-order chi connectivity index (χ0) is 21.2. The Balaban J connectivity index is 2.18. The van der Waals surface area contributed by atoms with Gasteiger partial charge >= 0.3 is 18.3 Å². The van der Waals surface area contributed by atoms with Gasteiger partial charge in [0.05, 0.1) is 24.0 Å². The largest absolute Gasteiger partial charge is 0.573 e. The standard InChI is InChI=1S/C17H12F3N3O5S/c1-2-27-16(26)10-6-21-12-4-3-8(28-17(18,19)20)5-9(12)13(10)23-14-11(15(24)25)7-22-29-14/h3-7H,2H2,1H3,(H,21,23)(H,24,25). The van der Waals surface area contributed by atoms with Gasteiger partial charge in [-0.2, -0.15) is 4.37 Å². The predicted octanol–water partition coefficient (Wildman–Crippen LogP) is 4.21. The number of halogens is 3. The van der Waals surface area contributed by atoms with Crippen LogP contribution >= 0.6 is 11.5 Å². The number of fused-ring (bicyclic) bond motifs is 1. The number of alkyl halides is 3. The Morgan fingerprint density at radius 1 is 1.24 bits per heavy atom. The van der Waals surface area contributed by atoms with E-state index in [1.54, 1.807) is 6.92 Å². The lowest BCUT2D eigenvalue weighted by Crippen LogP contribution is -2.17. The van der Waals surface area contributed by atoms with Crippen molar-refractivity contribution in [3.63, 3.8) is 0 Å². The normalized spacial score (nSPS) is 11.3. The number of rotatable bonds is 6. The SMILES string of the molecule is CCOC(=O)c1cnc2ccc(OC(F)(F)F)cc2c1Nc1sncc1C(=O)O. The number of carbonyl (C=O) groups excluding carboxylic acids is 1. The minimum Gasteiger partial charge on any atom is -0.478 e. The summed E-state index contributed by atoms with van der Waals surface area (Å²) in [4.78, 5) is 27.7. The topological polar surface area (TPSA) is 111 Å². The first kappa shape index (κ1) is 20.3. The van der Waals surface area contributed by atoms with E-state index in [0.29, 0.717) is 0 Å². The van der Waals surface area contributed by atoms with Crippen LogP contribution in [0.1, 0.15) is 27.6 Å². The third-order valence-corrected chi connectivity index (χ3v) is 4.32. The van der Waals surface area contributed by atoms with Gasteiger partial charge in [0.2, 0.25) is 0 Å². The molecule has 152 valence electrons. The van der Waals surface area contributed by atoms with Crippen LogP contribution in [0.3, 0.4) is 0 Å². The summed E-state index contributed by atoms with van der Waals surface area (Å²) in [7, 11) is 0. The number of carbonyl (C=O) groups is 2. The number of nitrogens with zero attached hydrogens (tertiary/aromatic N) is 2. The van der Waals surface area contributed by atoms with Crippen LogP contribution in [0.5, 0.6) is 5.75 Å². The van der Waals surface area contributed by atoms with E-state index in [4.69, 9.17) is 4.74 Å². The van der Waals surface area contributed by atoms with E-state index in [1.807, 2.05) is 0 Å². The summed E-state index contributed by atoms with van der Waals surface area (Å²) < 4.78 is 50.5. The van der Waals surface area contributed by atoms with Crippen LogP contribution in [0, 0.1) is 0 Å². The molecule has 0 aliphatic carbocycles. The number of benzene rings is 1. The Morgan fingerprint density at radius 2 is 2.00 bits per heavy atom. The summed E-state index contributed by atoms with van der Waals surface area (Å²) in [5.41, 5.74) is 0.00926. The summed E-state index contributed by atoms with van der Waals surface area (Å²) in [5, 5.41) is 12.2. The van der Waals surface area contributed by atoms with Crippen molar-refractivity contribution in [2.75, 3.05) is 11.9 Å². The molecule has 29 heavy (non-hydrogen) atoms. The first-order chi connectivity index (χ1) is 13.7. The van der Waals surface area contributed by atoms with Crippen LogP contribution in [-0.2, 0) is 4.74 Å². The molecule has 12 heteroatoms. The van der Waals surface area contributed by atoms with Gasteiger partial charge in [0.15, 0.2) is 0 Å². The average molecular weight is 427 g/mol. The molecule has 2 aromatic heterocycles. The Kier molecular flexibility index (Phi) is 5.55. The highest BCUT2D eigenvalue weighted by Gasteiger charge is 2.31. The molecule has 0 aliphatic rings. The highest BCUT2D eigenvalue weighted by atomic mass is 32.1. The number of pyridine rings is 1. The van der Waals surface area contributed by atoms with Crippen molar-refractivity contribution in [2.24, 2.45) is 0 Å². The van der Waals surface area contributed by atoms with Crippen LogP contribution < -0.4 is 10.1 Å². The maximum Gasteiger partial charge on any atom is 0.573 e. The van der Waals surface area contributed by atoms with E-state index in [9.17, 15) is 27.9 Å². The molecule has 1 aromatic carbocycles. The second kappa shape index (κ2) is 7.91. The van der Waals surface area contributed by atoms with Gasteiger partial charge in [-0.1, -0.05) is 0 Å². The van der Waals surface area contributed by atoms with Crippen LogP contribution in [0.25, 0.3) is 10.9 Å². The van der Waals surface area contributed by atoms with Crippen molar-refractivity contribution < 1.29 is 37.3 Å². The van der Waals surface area contributed by atoms with Crippen LogP contribution in [0.15, 0.2) is 30.6 Å². The van der Waals surface area contributed by atoms with E-state index in [0.717, 1.165) is 29.9 Å². The molecule has 2 N–H and O–H groups in total. The maximum atomic E-state index is 12.6. The molecule has 0 fully saturated rings. The lowest BCUT2D eigenvalue weighted by molar-refractivity contribution is -0.274. The Hall–Kier alpha value is -3.41. The molecule has 3 aromatic rings. The van der Waals surface area contributed by atoms with Gasteiger partial charge in [-0.15, -0.1) is 13.2 Å². The Bertz CT molecular complexity index is 1080. The first-order valence-electron chi connectivity index (χ1n) is 8.00. The zero-order valence-electron chi connectivity index (χ0n) is 14.6. The molecule has 8 nitrogen and oxygen atoms in total. The molecular formula is C17H12F3N3O5S. The van der Waals surface area contributed by atoms with Crippen LogP contribution in [0.2, 0.25) is 0 Å². The van der Waals surface area contributed by atoms with Gasteiger partial charge in [0.1, 0.15) is 21.9 Å². The third kappa shape index (κ3) is 4.54. The number of hydrogen-bond donors (Lipinski definition) is 2. The molecule has 3 rings (SSSR count). The number of hydrogen-bond acceptors (Lipinski definition) is 8. The maximum absolute atomic E-state index is 12.6. The predicted molar refractivity (Wildman–Crippen MR) is 96.7 cm³/mol. The minimum atomic E-state index is -4.92. The number of carboxylic acids is 1. The van der Waals surface area contributed by atoms with E-state index in [2.05, 4.69) is 19.4 Å². The Morgan fingerprint density at radius 3 is 2.66 bits per heavy atom. The van der Waals surface area contributed by atoms with E-state index >= 15 is 0 Å². The van der Waals surface area contributed by atoms with Gasteiger partial charge in [0, 0.05) is 11.6 Å². The molecular weight excluding hydrogens is 415 g/mol. The molecule has 0 aliphatic heterocycles. The summed E-state index contributed by atoms with van der Waals surface area (Å²) >= 11 is 0.804. The summed E-state index contributed by atoms with van der Waals surface area (Å²) in [6.07, 6.45) is -2.61. The van der Waals surface area contributed by atoms with E-state index in [1.165, 1.54) is 12.3 Å². The highest BCUT2D eigenvalue weighted by molar-refractivity contribution is 7.10. The Labute approximate surface area is 165 Å². The molecule has 0 bridgehead atoms. The number of aromatic carboxylic acids is 1. The second-order valence-corrected chi connectivity index (χ2v) is 6.29. The van der Waals surface area contributed by atoms with Crippen molar-refractivity contribution >= 4 is 45.1 Å². The van der Waals surface area contributed by atoms with E-state index in [-0.39, 0.29) is 39.3 Å². The summed E-state index contributed by atoms with van der Waals surface area (Å²) in [6, 6.07) is 3.40. The van der Waals surface area contributed by atoms with Crippen LogP contribution in [0.4, 0.5) is 23.9 Å². The fourth-order valence-corrected chi connectivity index (χ4v) is 3.11. The smallest absolute Gasteiger partial charge is 0.478 e. The molecule has 0 spiro atoms. The second-order valence-electron chi connectivity index (χ2n) is 5.49. The first-order valence-corrected chi connectivity index (χ1v) is 8.77. The van der Waals surface area contributed by atoms with Crippen molar-refractivity contribution in [3.8, 4) is 5.75 Å². The summed E-state index contributed by atoms with van der Waals surface area (Å²) in [5.74, 6) is -2.58. The fraction of sp³-hybridized carbons (Fsp3) is 0.176. The molecule has 0 saturated carbocycles. The third-order valence-electron chi connectivity index (χ3n) is 3.61. The number of aromatic nitrogens is 2. The molecule has 0 saturated heterocycles. The van der Waals surface area contributed by atoms with E-state index < -0.39 is 24.1 Å². The van der Waals surface area contributed by atoms with Crippen molar-refractivity contribution in [2.45, 2.75) is 13.3 Å². The van der Waals surface area contributed by atoms with Crippen molar-refractivity contribution in [1.82, 2.24) is 9.36 Å². The highest BCUT2D eigenvalue weighted by Crippen LogP contribution is 2.35. The molecule has 2 heterocycles. The monoisotopic (exact) mass is 427 g/mol. The quantitative estimate of drug-likeness (QED) is 0.563. The summed E-state index contributed by atoms with van der Waals surface area (Å²) in [6.45, 7) is 1.63. The van der Waals surface area contributed by atoms with Crippen molar-refractivity contribution in [1.29, 1.82) is 0 Å². The number of esters is 1. The lowest BCUT2D eigenvalue weighted by Gasteiger charge is -2.15. The average Bonchev–Trinajstić information content (AvgIpc) is 3.09. The number of ether oxygens (including phenoxy) is 2. The lowest BCUT2D eigenvalue weighted by atomic mass is 10.1. The number of carboxylic acid groups (broad SMARTS) is 1. The minimum absolute atomic E-state index is 0.0211. The van der Waals surface area contributed by atoms with Gasteiger partial charge in [0.25, 0.3) is 0 Å². The molecule has 0 unspecified atom stereocenters. The molecule has 0 atom stereocenters. The molecule has 0 amide bonds. The molecule has 0 radical (unpaired) electrons. The number of anilines is 2. The fourth-order valence-electron chi connectivity index (χ4n) is 2.46. The zero-order valence-corrected chi connectivity index (χ0v) is 15.4. The van der Waals surface area contributed by atoms with Gasteiger partial charge in [-0.3, -0.25) is 4.98 Å². The number of nitrogens with one attached hydrogen (secondary N) is 1. The van der Waals surface area contributed by atoms with Crippen molar-refractivity contribution in [3.05, 3.63) is 41.7 Å². The van der Waals surface area contributed by atoms with Gasteiger partial charge in [-0.25, -0.2) is 9.59 Å². The van der Waals surface area contributed by atoms with Gasteiger partial charge < -0.3 is 19.9 Å². The van der Waals surface area contributed by atoms with Gasteiger partial charge in [-0.05, 0) is 36.7 Å². The van der Waals surface area contributed by atoms with Crippen LogP contribution in [-0.4, -0.2) is 39.4 Å².